The van der Waals surface area contributed by atoms with E-state index in [1.54, 1.807) is 23.1 Å². The van der Waals surface area contributed by atoms with Crippen LogP contribution in [0.2, 0.25) is 5.02 Å². The molecular weight excluding hydrogens is 293 g/mol. The first-order valence-electron chi connectivity index (χ1n) is 5.01. The van der Waals surface area contributed by atoms with Crippen LogP contribution < -0.4 is 4.90 Å². The highest BCUT2D eigenvalue weighted by Crippen LogP contribution is 2.34. The first-order valence-corrected chi connectivity index (χ1v) is 6.18. The summed E-state index contributed by atoms with van der Waals surface area (Å²) in [6.45, 7) is -0.0131. The molecule has 1 saturated heterocycles. The number of aliphatic hydroxyl groups is 1. The van der Waals surface area contributed by atoms with Gasteiger partial charge in [-0.1, -0.05) is 11.6 Å². The minimum atomic E-state index is -0.120. The van der Waals surface area contributed by atoms with Gasteiger partial charge in [-0.05, 0) is 40.5 Å². The highest BCUT2D eigenvalue weighted by Gasteiger charge is 2.32. The second-order valence-corrected chi connectivity index (χ2v) is 5.03. The van der Waals surface area contributed by atoms with Crippen LogP contribution in [-0.2, 0) is 4.79 Å². The molecule has 1 aromatic rings. The molecule has 0 aromatic heterocycles. The summed E-state index contributed by atoms with van der Waals surface area (Å²) >= 11 is 9.23. The van der Waals surface area contributed by atoms with Crippen molar-refractivity contribution in [3.63, 3.8) is 0 Å². The van der Waals surface area contributed by atoms with Crippen molar-refractivity contribution in [1.29, 1.82) is 0 Å². The van der Waals surface area contributed by atoms with Gasteiger partial charge in [0.2, 0.25) is 5.91 Å². The second kappa shape index (κ2) is 4.73. The lowest BCUT2D eigenvalue weighted by molar-refractivity contribution is -0.117. The number of aliphatic hydroxyl groups excluding tert-OH is 1. The molecule has 0 saturated carbocycles. The zero-order valence-corrected chi connectivity index (χ0v) is 10.8. The molecule has 0 radical (unpaired) electrons. The SMILES string of the molecule is O=C1CCC(CO)N1c1ccc(Cl)cc1Br. The molecule has 3 nitrogen and oxygen atoms in total. The second-order valence-electron chi connectivity index (χ2n) is 3.73. The molecule has 16 heavy (non-hydrogen) atoms. The summed E-state index contributed by atoms with van der Waals surface area (Å²) in [5, 5.41) is 9.84. The van der Waals surface area contributed by atoms with Gasteiger partial charge in [0.05, 0.1) is 18.3 Å². The van der Waals surface area contributed by atoms with Crippen LogP contribution in [0.25, 0.3) is 0 Å². The van der Waals surface area contributed by atoms with Crippen molar-refractivity contribution in [1.82, 2.24) is 0 Å². The van der Waals surface area contributed by atoms with Crippen LogP contribution in [0.1, 0.15) is 12.8 Å². The van der Waals surface area contributed by atoms with Gasteiger partial charge in [0, 0.05) is 15.9 Å². The third-order valence-electron chi connectivity index (χ3n) is 2.71. The number of benzene rings is 1. The number of halogens is 2. The van der Waals surface area contributed by atoms with Crippen LogP contribution in [0.15, 0.2) is 22.7 Å². The Morgan fingerprint density at radius 1 is 1.56 bits per heavy atom. The van der Waals surface area contributed by atoms with Gasteiger partial charge in [0.15, 0.2) is 0 Å². The number of nitrogens with zero attached hydrogens (tertiary/aromatic N) is 1. The summed E-state index contributed by atoms with van der Waals surface area (Å²) in [5.41, 5.74) is 0.769. The first-order chi connectivity index (χ1) is 7.63. The molecule has 0 bridgehead atoms. The van der Waals surface area contributed by atoms with Gasteiger partial charge in [0.1, 0.15) is 0 Å². The molecule has 5 heteroatoms. The minimum Gasteiger partial charge on any atom is -0.394 e. The molecule has 1 unspecified atom stereocenters. The predicted molar refractivity (Wildman–Crippen MR) is 66.7 cm³/mol. The third-order valence-corrected chi connectivity index (χ3v) is 3.58. The average Bonchev–Trinajstić information content (AvgIpc) is 2.60. The molecule has 2 rings (SSSR count). The maximum Gasteiger partial charge on any atom is 0.227 e. The van der Waals surface area contributed by atoms with Crippen LogP contribution in [-0.4, -0.2) is 23.7 Å². The molecule has 0 aliphatic carbocycles. The first kappa shape index (κ1) is 11.9. The zero-order chi connectivity index (χ0) is 11.7. The Kier molecular flexibility index (Phi) is 3.52. The molecule has 1 aliphatic heterocycles. The Labute approximate surface area is 107 Å². The molecular formula is C11H11BrClNO2. The summed E-state index contributed by atoms with van der Waals surface area (Å²) in [6, 6.07) is 5.15. The lowest BCUT2D eigenvalue weighted by Crippen LogP contribution is -2.35. The maximum absolute atomic E-state index is 11.7. The van der Waals surface area contributed by atoms with Gasteiger partial charge in [-0.25, -0.2) is 0 Å². The van der Waals surface area contributed by atoms with Crippen molar-refractivity contribution in [2.24, 2.45) is 0 Å². The quantitative estimate of drug-likeness (QED) is 0.912. The Balaban J connectivity index is 2.38. The van der Waals surface area contributed by atoms with E-state index in [4.69, 9.17) is 11.6 Å². The lowest BCUT2D eigenvalue weighted by atomic mass is 10.2. The molecule has 1 fully saturated rings. The Morgan fingerprint density at radius 2 is 2.31 bits per heavy atom. The van der Waals surface area contributed by atoms with E-state index in [-0.39, 0.29) is 18.6 Å². The van der Waals surface area contributed by atoms with E-state index in [9.17, 15) is 9.90 Å². The molecule has 0 spiro atoms. The van der Waals surface area contributed by atoms with E-state index >= 15 is 0 Å². The smallest absolute Gasteiger partial charge is 0.227 e. The number of rotatable bonds is 2. The fourth-order valence-corrected chi connectivity index (χ4v) is 2.80. The Bertz CT molecular complexity index is 424. The van der Waals surface area contributed by atoms with Crippen molar-refractivity contribution in [2.45, 2.75) is 18.9 Å². The minimum absolute atomic E-state index is 0.0131. The highest BCUT2D eigenvalue weighted by molar-refractivity contribution is 9.10. The monoisotopic (exact) mass is 303 g/mol. The van der Waals surface area contributed by atoms with E-state index in [2.05, 4.69) is 15.9 Å². The topological polar surface area (TPSA) is 40.5 Å². The molecule has 1 aromatic carbocycles. The van der Waals surface area contributed by atoms with Crippen LogP contribution in [0.4, 0.5) is 5.69 Å². The summed E-state index contributed by atoms with van der Waals surface area (Å²) < 4.78 is 0.772. The van der Waals surface area contributed by atoms with Crippen LogP contribution in [0.3, 0.4) is 0 Å². The predicted octanol–water partition coefficient (Wildman–Crippen LogP) is 2.59. The van der Waals surface area contributed by atoms with E-state index < -0.39 is 0 Å². The fraction of sp³-hybridized carbons (Fsp3) is 0.364. The van der Waals surface area contributed by atoms with E-state index in [0.717, 1.165) is 10.2 Å². The van der Waals surface area contributed by atoms with Crippen molar-refractivity contribution >= 4 is 39.1 Å². The number of anilines is 1. The summed E-state index contributed by atoms with van der Waals surface area (Å²) in [7, 11) is 0. The van der Waals surface area contributed by atoms with E-state index in [1.165, 1.54) is 0 Å². The lowest BCUT2D eigenvalue weighted by Gasteiger charge is -2.24. The van der Waals surface area contributed by atoms with Gasteiger partial charge in [-0.15, -0.1) is 0 Å². The van der Waals surface area contributed by atoms with Crippen LogP contribution >= 0.6 is 27.5 Å². The zero-order valence-electron chi connectivity index (χ0n) is 8.49. The summed E-state index contributed by atoms with van der Waals surface area (Å²) in [5.74, 6) is 0.0436. The number of carbonyl (C=O) groups is 1. The number of hydrogen-bond acceptors (Lipinski definition) is 2. The van der Waals surface area contributed by atoms with Gasteiger partial charge in [-0.2, -0.15) is 0 Å². The number of amides is 1. The number of hydrogen-bond donors (Lipinski definition) is 1. The van der Waals surface area contributed by atoms with Gasteiger partial charge >= 0.3 is 0 Å². The average molecular weight is 305 g/mol. The summed E-state index contributed by atoms with van der Waals surface area (Å²) in [4.78, 5) is 13.4. The Hall–Kier alpha value is -0.580. The normalized spacial score (nSPS) is 20.6. The third kappa shape index (κ3) is 2.10. The van der Waals surface area contributed by atoms with Crippen LogP contribution in [0.5, 0.6) is 0 Å². The molecule has 1 N–H and O–H groups in total. The standard InChI is InChI=1S/C11H11BrClNO2/c12-9-5-7(13)1-3-10(9)14-8(6-15)2-4-11(14)16/h1,3,5,8,15H,2,4,6H2. The van der Waals surface area contributed by atoms with Crippen molar-refractivity contribution in [3.05, 3.63) is 27.7 Å². The van der Waals surface area contributed by atoms with Gasteiger partial charge in [-0.3, -0.25) is 4.79 Å². The van der Waals surface area contributed by atoms with E-state index in [1.807, 2.05) is 0 Å². The molecule has 86 valence electrons. The van der Waals surface area contributed by atoms with Crippen LogP contribution in [0, 0.1) is 0 Å². The van der Waals surface area contributed by atoms with Crippen molar-refractivity contribution in [3.8, 4) is 0 Å². The van der Waals surface area contributed by atoms with E-state index in [0.29, 0.717) is 17.9 Å². The molecule has 1 aliphatic rings. The van der Waals surface area contributed by atoms with Gasteiger partial charge in [0.25, 0.3) is 0 Å². The van der Waals surface area contributed by atoms with Crippen molar-refractivity contribution < 1.29 is 9.90 Å². The molecule has 1 heterocycles. The molecule has 1 atom stereocenters. The fourth-order valence-electron chi connectivity index (χ4n) is 1.92. The van der Waals surface area contributed by atoms with Gasteiger partial charge < -0.3 is 10.0 Å². The van der Waals surface area contributed by atoms with Crippen molar-refractivity contribution in [2.75, 3.05) is 11.5 Å². The molecule has 1 amide bonds. The highest BCUT2D eigenvalue weighted by atomic mass is 79.9. The summed E-state index contributed by atoms with van der Waals surface area (Å²) in [6.07, 6.45) is 1.19. The maximum atomic E-state index is 11.7. The Morgan fingerprint density at radius 3 is 2.94 bits per heavy atom. The largest absolute Gasteiger partial charge is 0.394 e. The number of carbonyl (C=O) groups excluding carboxylic acids is 1.